The molecule has 0 aliphatic carbocycles. The van der Waals surface area contributed by atoms with E-state index in [1.165, 1.54) is 16.9 Å². The SMILES string of the molecule is CC(C)c1ccc(NC(=O)Nc2csc(Cc3c(Cl)cccc3Cl)n2)cc1. The first-order chi connectivity index (χ1) is 12.9. The van der Waals surface area contributed by atoms with Crippen molar-refractivity contribution in [2.45, 2.75) is 26.2 Å². The van der Waals surface area contributed by atoms with Gasteiger partial charge in [-0.3, -0.25) is 5.32 Å². The number of hydrogen-bond donors (Lipinski definition) is 2. The third-order valence-corrected chi connectivity index (χ3v) is 5.58. The van der Waals surface area contributed by atoms with Crippen LogP contribution in [0.25, 0.3) is 0 Å². The molecule has 0 radical (unpaired) electrons. The molecule has 1 aromatic heterocycles. The van der Waals surface area contributed by atoms with Gasteiger partial charge in [-0.2, -0.15) is 0 Å². The average molecular weight is 420 g/mol. The number of rotatable bonds is 5. The Labute approximate surface area is 172 Å². The van der Waals surface area contributed by atoms with Crippen LogP contribution in [-0.2, 0) is 6.42 Å². The summed E-state index contributed by atoms with van der Waals surface area (Å²) >= 11 is 13.9. The summed E-state index contributed by atoms with van der Waals surface area (Å²) in [7, 11) is 0. The largest absolute Gasteiger partial charge is 0.324 e. The maximum Gasteiger partial charge on any atom is 0.324 e. The van der Waals surface area contributed by atoms with Crippen LogP contribution in [0.5, 0.6) is 0 Å². The highest BCUT2D eigenvalue weighted by atomic mass is 35.5. The molecule has 2 aromatic carbocycles. The number of hydrogen-bond acceptors (Lipinski definition) is 3. The minimum Gasteiger partial charge on any atom is -0.308 e. The van der Waals surface area contributed by atoms with Gasteiger partial charge in [0.25, 0.3) is 0 Å². The van der Waals surface area contributed by atoms with Crippen LogP contribution in [0.4, 0.5) is 16.3 Å². The fraction of sp³-hybridized carbons (Fsp3) is 0.200. The molecule has 0 saturated heterocycles. The minimum absolute atomic E-state index is 0.333. The number of carbonyl (C=O) groups excluding carboxylic acids is 1. The van der Waals surface area contributed by atoms with Crippen molar-refractivity contribution < 1.29 is 4.79 Å². The summed E-state index contributed by atoms with van der Waals surface area (Å²) in [5.41, 5.74) is 2.79. The van der Waals surface area contributed by atoms with E-state index in [4.69, 9.17) is 23.2 Å². The fourth-order valence-electron chi connectivity index (χ4n) is 2.53. The first kappa shape index (κ1) is 19.7. The minimum atomic E-state index is -0.333. The number of aromatic nitrogens is 1. The lowest BCUT2D eigenvalue weighted by atomic mass is 10.0. The van der Waals surface area contributed by atoms with Gasteiger partial charge in [-0.15, -0.1) is 11.3 Å². The molecule has 4 nitrogen and oxygen atoms in total. The van der Waals surface area contributed by atoms with E-state index in [0.717, 1.165) is 16.3 Å². The highest BCUT2D eigenvalue weighted by Gasteiger charge is 2.11. The second kappa shape index (κ2) is 8.74. The lowest BCUT2D eigenvalue weighted by molar-refractivity contribution is 0.262. The third kappa shape index (κ3) is 5.22. The van der Waals surface area contributed by atoms with Gasteiger partial charge >= 0.3 is 6.03 Å². The Bertz CT molecular complexity index is 918. The number of thiazole rings is 1. The number of nitrogens with zero attached hydrogens (tertiary/aromatic N) is 1. The third-order valence-electron chi connectivity index (χ3n) is 4.02. The molecule has 0 spiro atoms. The van der Waals surface area contributed by atoms with Crippen LogP contribution in [0.3, 0.4) is 0 Å². The predicted molar refractivity (Wildman–Crippen MR) is 115 cm³/mol. The molecule has 0 aliphatic rings. The summed E-state index contributed by atoms with van der Waals surface area (Å²) in [6, 6.07) is 12.9. The smallest absolute Gasteiger partial charge is 0.308 e. The molecule has 0 saturated carbocycles. The summed E-state index contributed by atoms with van der Waals surface area (Å²) < 4.78 is 0. The molecule has 0 bridgehead atoms. The van der Waals surface area contributed by atoms with Gasteiger partial charge in [-0.05, 0) is 41.3 Å². The first-order valence-electron chi connectivity index (χ1n) is 8.47. The molecule has 0 aliphatic heterocycles. The van der Waals surface area contributed by atoms with E-state index in [2.05, 4.69) is 29.5 Å². The van der Waals surface area contributed by atoms with E-state index in [0.29, 0.717) is 28.2 Å². The van der Waals surface area contributed by atoms with Gasteiger partial charge in [0.05, 0.1) is 5.01 Å². The molecule has 3 aromatic rings. The van der Waals surface area contributed by atoms with Crippen LogP contribution in [0.2, 0.25) is 10.0 Å². The van der Waals surface area contributed by atoms with E-state index >= 15 is 0 Å². The Morgan fingerprint density at radius 2 is 1.74 bits per heavy atom. The molecule has 3 rings (SSSR count). The lowest BCUT2D eigenvalue weighted by Crippen LogP contribution is -2.19. The fourth-order valence-corrected chi connectivity index (χ4v) is 3.80. The van der Waals surface area contributed by atoms with Gasteiger partial charge in [-0.25, -0.2) is 9.78 Å². The highest BCUT2D eigenvalue weighted by molar-refractivity contribution is 7.10. The maximum absolute atomic E-state index is 12.2. The zero-order valence-corrected chi connectivity index (χ0v) is 17.3. The van der Waals surface area contributed by atoms with Crippen molar-refractivity contribution in [3.63, 3.8) is 0 Å². The second-order valence-electron chi connectivity index (χ2n) is 6.36. The molecule has 27 heavy (non-hydrogen) atoms. The van der Waals surface area contributed by atoms with Crippen LogP contribution < -0.4 is 10.6 Å². The van der Waals surface area contributed by atoms with Crippen LogP contribution in [-0.4, -0.2) is 11.0 Å². The first-order valence-corrected chi connectivity index (χ1v) is 10.1. The molecule has 7 heteroatoms. The normalized spacial score (nSPS) is 10.9. The van der Waals surface area contributed by atoms with Crippen molar-refractivity contribution in [1.29, 1.82) is 0 Å². The number of nitrogens with one attached hydrogen (secondary N) is 2. The van der Waals surface area contributed by atoms with E-state index in [1.807, 2.05) is 24.3 Å². The summed E-state index contributed by atoms with van der Waals surface area (Å²) in [6.07, 6.45) is 0.517. The summed E-state index contributed by atoms with van der Waals surface area (Å²) in [5, 5.41) is 9.38. The number of anilines is 2. The number of amides is 2. The standard InChI is InChI=1S/C20H19Cl2N3OS/c1-12(2)13-6-8-14(9-7-13)23-20(26)25-18-11-27-19(24-18)10-15-16(21)4-3-5-17(15)22/h3-9,11-12H,10H2,1-2H3,(H2,23,25,26). The highest BCUT2D eigenvalue weighted by Crippen LogP contribution is 2.28. The number of carbonyl (C=O) groups is 1. The van der Waals surface area contributed by atoms with Gasteiger partial charge < -0.3 is 5.32 Å². The van der Waals surface area contributed by atoms with Crippen molar-refractivity contribution in [3.8, 4) is 0 Å². The van der Waals surface area contributed by atoms with Crippen molar-refractivity contribution in [3.05, 3.63) is 74.0 Å². The Morgan fingerprint density at radius 3 is 2.37 bits per heavy atom. The van der Waals surface area contributed by atoms with Gasteiger partial charge in [0.2, 0.25) is 0 Å². The van der Waals surface area contributed by atoms with Crippen LogP contribution in [0.1, 0.15) is 35.9 Å². The van der Waals surface area contributed by atoms with Crippen LogP contribution in [0, 0.1) is 0 Å². The predicted octanol–water partition coefficient (Wildman–Crippen LogP) is 6.81. The van der Waals surface area contributed by atoms with Crippen LogP contribution in [0.15, 0.2) is 47.8 Å². The lowest BCUT2D eigenvalue weighted by Gasteiger charge is -2.08. The zero-order chi connectivity index (χ0) is 19.4. The van der Waals surface area contributed by atoms with E-state index in [-0.39, 0.29) is 6.03 Å². The van der Waals surface area contributed by atoms with Gasteiger partial charge in [0.15, 0.2) is 0 Å². The molecular weight excluding hydrogens is 401 g/mol. The van der Waals surface area contributed by atoms with Crippen molar-refractivity contribution in [2.24, 2.45) is 0 Å². The molecule has 0 unspecified atom stereocenters. The molecule has 140 valence electrons. The monoisotopic (exact) mass is 419 g/mol. The number of halogens is 2. The van der Waals surface area contributed by atoms with Crippen molar-refractivity contribution >= 4 is 52.1 Å². The Hall–Kier alpha value is -2.08. The van der Waals surface area contributed by atoms with Gasteiger partial charge in [0.1, 0.15) is 5.82 Å². The summed E-state index contributed by atoms with van der Waals surface area (Å²) in [5.74, 6) is 0.947. The molecule has 2 N–H and O–H groups in total. The Balaban J connectivity index is 1.61. The quantitative estimate of drug-likeness (QED) is 0.477. The number of benzene rings is 2. The Morgan fingerprint density at radius 1 is 1.07 bits per heavy atom. The van der Waals surface area contributed by atoms with E-state index < -0.39 is 0 Å². The Kier molecular flexibility index (Phi) is 6.37. The van der Waals surface area contributed by atoms with E-state index in [9.17, 15) is 4.79 Å². The second-order valence-corrected chi connectivity index (χ2v) is 8.12. The topological polar surface area (TPSA) is 54.0 Å². The van der Waals surface area contributed by atoms with E-state index in [1.54, 1.807) is 23.6 Å². The molecule has 0 atom stereocenters. The van der Waals surface area contributed by atoms with Crippen molar-refractivity contribution in [1.82, 2.24) is 4.98 Å². The van der Waals surface area contributed by atoms with Gasteiger partial charge in [-0.1, -0.05) is 55.2 Å². The zero-order valence-electron chi connectivity index (χ0n) is 14.9. The molecule has 0 fully saturated rings. The van der Waals surface area contributed by atoms with Gasteiger partial charge in [0, 0.05) is 27.5 Å². The average Bonchev–Trinajstić information content (AvgIpc) is 3.05. The molecule has 2 amide bonds. The number of urea groups is 1. The van der Waals surface area contributed by atoms with Crippen LogP contribution >= 0.6 is 34.5 Å². The molecule has 1 heterocycles. The summed E-state index contributed by atoms with van der Waals surface area (Å²) in [6.45, 7) is 4.26. The maximum atomic E-state index is 12.2. The summed E-state index contributed by atoms with van der Waals surface area (Å²) in [4.78, 5) is 16.6. The molecular formula is C20H19Cl2N3OS. The van der Waals surface area contributed by atoms with Crippen molar-refractivity contribution in [2.75, 3.05) is 10.6 Å².